The SMILES string of the molecule is CC(NC(=O)NCCCOc1ccc(C(C)(C)C)cc1)C1CC2CCC1C2. The van der Waals surface area contributed by atoms with Crippen LogP contribution in [-0.4, -0.2) is 25.2 Å². The lowest BCUT2D eigenvalue weighted by Gasteiger charge is -2.28. The first kappa shape index (κ1) is 20.0. The molecular formula is C23H36N2O2. The van der Waals surface area contributed by atoms with Gasteiger partial charge in [-0.2, -0.15) is 0 Å². The maximum absolute atomic E-state index is 12.1. The number of hydrogen-bond donors (Lipinski definition) is 2. The summed E-state index contributed by atoms with van der Waals surface area (Å²) in [6, 6.07) is 8.53. The number of fused-ring (bicyclic) bond motifs is 2. The summed E-state index contributed by atoms with van der Waals surface area (Å²) in [5.41, 5.74) is 1.46. The largest absolute Gasteiger partial charge is 0.494 e. The molecule has 4 atom stereocenters. The fourth-order valence-corrected chi connectivity index (χ4v) is 4.79. The maximum Gasteiger partial charge on any atom is 0.315 e. The third-order valence-electron chi connectivity index (χ3n) is 6.39. The van der Waals surface area contributed by atoms with Crippen LogP contribution in [0.4, 0.5) is 4.79 Å². The molecule has 2 aliphatic rings. The fourth-order valence-electron chi connectivity index (χ4n) is 4.79. The summed E-state index contributed by atoms with van der Waals surface area (Å²) in [6.45, 7) is 10.0. The standard InChI is InChI=1S/C23H36N2O2/c1-16(21-15-17-6-7-18(21)14-17)25-22(26)24-12-5-13-27-20-10-8-19(9-11-20)23(2,3)4/h8-11,16-18,21H,5-7,12-15H2,1-4H3,(H2,24,25,26). The molecule has 4 nitrogen and oxygen atoms in total. The summed E-state index contributed by atoms with van der Waals surface area (Å²) < 4.78 is 5.78. The Bertz CT molecular complexity index is 620. The van der Waals surface area contributed by atoms with Crippen molar-refractivity contribution < 1.29 is 9.53 Å². The average molecular weight is 373 g/mol. The van der Waals surface area contributed by atoms with Gasteiger partial charge in [-0.15, -0.1) is 0 Å². The highest BCUT2D eigenvalue weighted by atomic mass is 16.5. The first-order valence-corrected chi connectivity index (χ1v) is 10.6. The van der Waals surface area contributed by atoms with Crippen LogP contribution >= 0.6 is 0 Å². The molecule has 2 amide bonds. The van der Waals surface area contributed by atoms with Gasteiger partial charge in [0.15, 0.2) is 0 Å². The Labute approximate surface area is 164 Å². The number of hydrogen-bond acceptors (Lipinski definition) is 2. The summed E-state index contributed by atoms with van der Waals surface area (Å²) in [4.78, 5) is 12.1. The minimum absolute atomic E-state index is 0.0418. The molecule has 2 saturated carbocycles. The molecule has 0 aliphatic heterocycles. The van der Waals surface area contributed by atoms with Gasteiger partial charge in [0.05, 0.1) is 6.61 Å². The Kier molecular flexibility index (Phi) is 6.33. The van der Waals surface area contributed by atoms with Crippen molar-refractivity contribution in [2.24, 2.45) is 17.8 Å². The Balaban J connectivity index is 1.29. The van der Waals surface area contributed by atoms with Crippen LogP contribution < -0.4 is 15.4 Å². The molecule has 2 aliphatic carbocycles. The second-order valence-electron chi connectivity index (χ2n) is 9.50. The molecule has 0 radical (unpaired) electrons. The van der Waals surface area contributed by atoms with Gasteiger partial charge in [-0.25, -0.2) is 4.79 Å². The molecule has 4 heteroatoms. The van der Waals surface area contributed by atoms with Crippen molar-refractivity contribution in [2.45, 2.75) is 71.3 Å². The van der Waals surface area contributed by atoms with Crippen LogP contribution in [0.25, 0.3) is 0 Å². The van der Waals surface area contributed by atoms with E-state index in [4.69, 9.17) is 4.74 Å². The third-order valence-corrected chi connectivity index (χ3v) is 6.39. The van der Waals surface area contributed by atoms with Crippen LogP contribution in [-0.2, 0) is 5.41 Å². The molecule has 2 bridgehead atoms. The molecule has 150 valence electrons. The molecule has 4 unspecified atom stereocenters. The van der Waals surface area contributed by atoms with Crippen LogP contribution in [0.15, 0.2) is 24.3 Å². The van der Waals surface area contributed by atoms with Gasteiger partial charge in [0.1, 0.15) is 5.75 Å². The van der Waals surface area contributed by atoms with Crippen LogP contribution in [0.2, 0.25) is 0 Å². The molecule has 2 fully saturated rings. The normalized spacial score (nSPS) is 25.3. The number of urea groups is 1. The molecule has 2 N–H and O–H groups in total. The van der Waals surface area contributed by atoms with E-state index in [0.29, 0.717) is 19.1 Å². The van der Waals surface area contributed by atoms with Crippen molar-refractivity contribution in [1.82, 2.24) is 10.6 Å². The van der Waals surface area contributed by atoms with E-state index >= 15 is 0 Å². The van der Waals surface area contributed by atoms with Crippen molar-refractivity contribution in [1.29, 1.82) is 0 Å². The van der Waals surface area contributed by atoms with E-state index in [-0.39, 0.29) is 17.5 Å². The Hall–Kier alpha value is -1.71. The molecule has 1 aromatic rings. The summed E-state index contributed by atoms with van der Waals surface area (Å²) in [5.74, 6) is 3.32. The number of carbonyl (C=O) groups excluding carboxylic acids is 1. The second kappa shape index (κ2) is 8.53. The van der Waals surface area contributed by atoms with Gasteiger partial charge >= 0.3 is 6.03 Å². The number of rotatable bonds is 7. The highest BCUT2D eigenvalue weighted by Crippen LogP contribution is 2.49. The van der Waals surface area contributed by atoms with Crippen LogP contribution in [0.3, 0.4) is 0 Å². The zero-order valence-electron chi connectivity index (χ0n) is 17.4. The Morgan fingerprint density at radius 1 is 1.19 bits per heavy atom. The fraction of sp³-hybridized carbons (Fsp3) is 0.696. The minimum Gasteiger partial charge on any atom is -0.494 e. The summed E-state index contributed by atoms with van der Waals surface area (Å²) in [6.07, 6.45) is 6.24. The van der Waals surface area contributed by atoms with E-state index in [9.17, 15) is 4.79 Å². The van der Waals surface area contributed by atoms with Gasteiger partial charge in [0, 0.05) is 12.6 Å². The van der Waals surface area contributed by atoms with E-state index in [0.717, 1.165) is 24.0 Å². The van der Waals surface area contributed by atoms with Crippen molar-refractivity contribution >= 4 is 6.03 Å². The van der Waals surface area contributed by atoms with Gasteiger partial charge in [0.2, 0.25) is 0 Å². The van der Waals surface area contributed by atoms with Gasteiger partial charge in [0.25, 0.3) is 0 Å². The molecule has 27 heavy (non-hydrogen) atoms. The monoisotopic (exact) mass is 372 g/mol. The summed E-state index contributed by atoms with van der Waals surface area (Å²) >= 11 is 0. The lowest BCUT2D eigenvalue weighted by Crippen LogP contribution is -2.45. The van der Waals surface area contributed by atoms with Crippen molar-refractivity contribution in [3.05, 3.63) is 29.8 Å². The van der Waals surface area contributed by atoms with Gasteiger partial charge in [-0.05, 0) is 73.5 Å². The Morgan fingerprint density at radius 3 is 2.52 bits per heavy atom. The summed E-state index contributed by atoms with van der Waals surface area (Å²) in [5, 5.41) is 6.11. The smallest absolute Gasteiger partial charge is 0.315 e. The lowest BCUT2D eigenvalue weighted by molar-refractivity contribution is 0.219. The zero-order valence-corrected chi connectivity index (χ0v) is 17.4. The zero-order chi connectivity index (χ0) is 19.4. The topological polar surface area (TPSA) is 50.4 Å². The van der Waals surface area contributed by atoms with Gasteiger partial charge in [-0.3, -0.25) is 0 Å². The van der Waals surface area contributed by atoms with Crippen molar-refractivity contribution in [3.8, 4) is 5.75 Å². The third kappa shape index (κ3) is 5.40. The van der Waals surface area contributed by atoms with Crippen molar-refractivity contribution in [3.63, 3.8) is 0 Å². The quantitative estimate of drug-likeness (QED) is 0.670. The molecule has 0 aromatic heterocycles. The predicted octanol–water partition coefficient (Wildman–Crippen LogP) is 4.88. The van der Waals surface area contributed by atoms with E-state index in [1.165, 1.54) is 31.2 Å². The van der Waals surface area contributed by atoms with Crippen LogP contribution in [0.1, 0.15) is 65.4 Å². The highest BCUT2D eigenvalue weighted by Gasteiger charge is 2.42. The molecule has 0 heterocycles. The maximum atomic E-state index is 12.1. The molecular weight excluding hydrogens is 336 g/mol. The first-order chi connectivity index (χ1) is 12.8. The number of amides is 2. The Morgan fingerprint density at radius 2 is 1.93 bits per heavy atom. The molecule has 0 spiro atoms. The number of ether oxygens (including phenoxy) is 1. The first-order valence-electron chi connectivity index (χ1n) is 10.6. The predicted molar refractivity (Wildman–Crippen MR) is 110 cm³/mol. The number of carbonyl (C=O) groups is 1. The molecule has 0 saturated heterocycles. The van der Waals surface area contributed by atoms with E-state index in [1.54, 1.807) is 0 Å². The second-order valence-corrected chi connectivity index (χ2v) is 9.50. The molecule has 1 aromatic carbocycles. The lowest BCUT2D eigenvalue weighted by atomic mass is 9.84. The van der Waals surface area contributed by atoms with E-state index in [2.05, 4.69) is 50.5 Å². The number of nitrogens with one attached hydrogen (secondary N) is 2. The average Bonchev–Trinajstić information content (AvgIpc) is 3.24. The highest BCUT2D eigenvalue weighted by molar-refractivity contribution is 5.74. The van der Waals surface area contributed by atoms with E-state index in [1.807, 2.05) is 12.1 Å². The number of benzene rings is 1. The van der Waals surface area contributed by atoms with Gasteiger partial charge < -0.3 is 15.4 Å². The van der Waals surface area contributed by atoms with E-state index < -0.39 is 0 Å². The van der Waals surface area contributed by atoms with Crippen molar-refractivity contribution in [2.75, 3.05) is 13.2 Å². The van der Waals surface area contributed by atoms with Crippen LogP contribution in [0, 0.1) is 17.8 Å². The molecule has 3 rings (SSSR count). The minimum atomic E-state index is -0.0418. The van der Waals surface area contributed by atoms with Crippen LogP contribution in [0.5, 0.6) is 5.75 Å². The summed E-state index contributed by atoms with van der Waals surface area (Å²) in [7, 11) is 0. The van der Waals surface area contributed by atoms with Gasteiger partial charge in [-0.1, -0.05) is 39.3 Å².